The van der Waals surface area contributed by atoms with Gasteiger partial charge in [-0.25, -0.2) is 4.57 Å². The van der Waals surface area contributed by atoms with E-state index in [1.807, 2.05) is 0 Å². The Morgan fingerprint density at radius 1 is 0.667 bits per heavy atom. The molecule has 182 valence electrons. The summed E-state index contributed by atoms with van der Waals surface area (Å²) in [6.07, 6.45) is 19.5. The fraction of sp³-hybridized carbons (Fsp3) is 1.00. The second-order valence-corrected chi connectivity index (χ2v) is 9.90. The lowest BCUT2D eigenvalue weighted by atomic mass is 9.94. The van der Waals surface area contributed by atoms with E-state index >= 15 is 0 Å². The number of ether oxygens (including phenoxy) is 1. The lowest BCUT2D eigenvalue weighted by Gasteiger charge is -2.19. The molecule has 7 heteroatoms. The van der Waals surface area contributed by atoms with Crippen LogP contribution in [0.4, 0.5) is 0 Å². The molecule has 6 nitrogen and oxygen atoms in total. The van der Waals surface area contributed by atoms with Crippen LogP contribution in [0, 0.1) is 5.92 Å². The Morgan fingerprint density at radius 3 is 1.53 bits per heavy atom. The Hall–Kier alpha value is 0.0300. The molecule has 0 saturated heterocycles. The third-order valence-corrected chi connectivity index (χ3v) is 6.02. The van der Waals surface area contributed by atoms with Crippen LogP contribution < -0.4 is 0 Å². The topological polar surface area (TPSA) is 96.2 Å². The molecule has 0 amide bonds. The number of rotatable bonds is 23. The third kappa shape index (κ3) is 22.7. The van der Waals surface area contributed by atoms with Crippen LogP contribution in [0.5, 0.6) is 0 Å². The Kier molecular flexibility index (Phi) is 20.9. The first kappa shape index (κ1) is 30.0. The normalized spacial score (nSPS) is 14.2. The molecule has 0 aliphatic carbocycles. The number of hydrogen-bond acceptors (Lipinski definition) is 4. The zero-order valence-electron chi connectivity index (χ0n) is 19.6. The Bertz CT molecular complexity index is 401. The van der Waals surface area contributed by atoms with Crippen molar-refractivity contribution in [2.24, 2.45) is 5.92 Å². The van der Waals surface area contributed by atoms with Gasteiger partial charge in [-0.3, -0.25) is 4.52 Å². The molecule has 0 aromatic heterocycles. The van der Waals surface area contributed by atoms with Gasteiger partial charge in [-0.2, -0.15) is 0 Å². The van der Waals surface area contributed by atoms with Crippen LogP contribution in [0.2, 0.25) is 0 Å². The van der Waals surface area contributed by atoms with E-state index in [4.69, 9.17) is 14.5 Å². The molecule has 30 heavy (non-hydrogen) atoms. The predicted octanol–water partition coefficient (Wildman–Crippen LogP) is 6.37. The summed E-state index contributed by atoms with van der Waals surface area (Å²) in [5, 5.41) is 9.76. The van der Waals surface area contributed by atoms with E-state index in [1.54, 1.807) is 0 Å². The van der Waals surface area contributed by atoms with Gasteiger partial charge in [-0.15, -0.1) is 0 Å². The number of aliphatic hydroxyl groups is 1. The van der Waals surface area contributed by atoms with Gasteiger partial charge >= 0.3 is 7.82 Å². The van der Waals surface area contributed by atoms with E-state index in [2.05, 4.69) is 18.4 Å². The first-order valence-electron chi connectivity index (χ1n) is 12.3. The van der Waals surface area contributed by atoms with Crippen molar-refractivity contribution in [2.75, 3.05) is 19.8 Å². The fourth-order valence-electron chi connectivity index (χ4n) is 3.69. The van der Waals surface area contributed by atoms with Gasteiger partial charge in [-0.05, 0) is 18.8 Å². The molecule has 0 aliphatic rings. The van der Waals surface area contributed by atoms with Crippen LogP contribution in [0.1, 0.15) is 117 Å². The summed E-state index contributed by atoms with van der Waals surface area (Å²) in [6.45, 7) is 4.71. The summed E-state index contributed by atoms with van der Waals surface area (Å²) in [5.41, 5.74) is 0. The van der Waals surface area contributed by atoms with Gasteiger partial charge in [0.05, 0.1) is 13.2 Å². The van der Waals surface area contributed by atoms with Crippen molar-refractivity contribution in [2.45, 2.75) is 123 Å². The number of phosphoric acid groups is 1. The molecule has 0 heterocycles. The minimum Gasteiger partial charge on any atom is -0.388 e. The molecule has 0 radical (unpaired) electrons. The SMILES string of the molecule is CCCCCCCCCCC(CCCCCCCC)COCC(O)COP(=O)(O)O. The van der Waals surface area contributed by atoms with Gasteiger partial charge in [-0.1, -0.05) is 104 Å². The average Bonchev–Trinajstić information content (AvgIpc) is 2.70. The van der Waals surface area contributed by atoms with Gasteiger partial charge in [0, 0.05) is 6.61 Å². The second kappa shape index (κ2) is 20.9. The molecule has 0 bridgehead atoms. The van der Waals surface area contributed by atoms with E-state index in [0.717, 1.165) is 12.8 Å². The van der Waals surface area contributed by atoms with Gasteiger partial charge in [0.1, 0.15) is 6.10 Å². The first-order valence-corrected chi connectivity index (χ1v) is 13.9. The number of aliphatic hydroxyl groups excluding tert-OH is 1. The molecular formula is C23H49O6P. The number of unbranched alkanes of at least 4 members (excludes halogenated alkanes) is 12. The molecule has 2 atom stereocenters. The molecule has 0 spiro atoms. The van der Waals surface area contributed by atoms with Crippen LogP contribution in [0.3, 0.4) is 0 Å². The number of hydrogen-bond donors (Lipinski definition) is 3. The summed E-state index contributed by atoms with van der Waals surface area (Å²) in [4.78, 5) is 17.4. The maximum absolute atomic E-state index is 10.7. The highest BCUT2D eigenvalue weighted by molar-refractivity contribution is 7.46. The van der Waals surface area contributed by atoms with E-state index in [9.17, 15) is 9.67 Å². The smallest absolute Gasteiger partial charge is 0.388 e. The predicted molar refractivity (Wildman–Crippen MR) is 124 cm³/mol. The lowest BCUT2D eigenvalue weighted by Crippen LogP contribution is -2.23. The average molecular weight is 453 g/mol. The molecule has 0 fully saturated rings. The standard InChI is InChI=1S/C23H49O6P/c1-3-5-7-9-11-12-14-16-18-22(17-15-13-10-8-6-4-2)19-28-20-23(24)21-29-30(25,26)27/h22-24H,3-21H2,1-2H3,(H2,25,26,27). The Labute approximate surface area is 185 Å². The van der Waals surface area contributed by atoms with Gasteiger partial charge in [0.15, 0.2) is 0 Å². The molecule has 0 aromatic carbocycles. The third-order valence-electron chi connectivity index (χ3n) is 5.53. The molecule has 0 rings (SSSR count). The van der Waals surface area contributed by atoms with Crippen molar-refractivity contribution in [3.8, 4) is 0 Å². The highest BCUT2D eigenvalue weighted by atomic mass is 31.2. The van der Waals surface area contributed by atoms with E-state index in [-0.39, 0.29) is 6.61 Å². The van der Waals surface area contributed by atoms with Crippen molar-refractivity contribution in [1.82, 2.24) is 0 Å². The monoisotopic (exact) mass is 452 g/mol. The molecule has 3 N–H and O–H groups in total. The fourth-order valence-corrected chi connectivity index (χ4v) is 4.06. The van der Waals surface area contributed by atoms with Crippen LogP contribution in [0.25, 0.3) is 0 Å². The number of phosphoric ester groups is 1. The minimum absolute atomic E-state index is 0.0461. The summed E-state index contributed by atoms with van der Waals surface area (Å²) < 4.78 is 20.7. The van der Waals surface area contributed by atoms with Crippen LogP contribution in [-0.2, 0) is 13.8 Å². The summed E-state index contributed by atoms with van der Waals surface area (Å²) in [7, 11) is -4.54. The zero-order valence-corrected chi connectivity index (χ0v) is 20.5. The summed E-state index contributed by atoms with van der Waals surface area (Å²) in [6, 6.07) is 0. The largest absolute Gasteiger partial charge is 0.469 e. The maximum Gasteiger partial charge on any atom is 0.469 e. The quantitative estimate of drug-likeness (QED) is 0.123. The van der Waals surface area contributed by atoms with Crippen LogP contribution in [-0.4, -0.2) is 40.8 Å². The molecule has 0 aliphatic heterocycles. The summed E-state index contributed by atoms with van der Waals surface area (Å²) in [5.74, 6) is 0.492. The Morgan fingerprint density at radius 2 is 1.10 bits per heavy atom. The lowest BCUT2D eigenvalue weighted by molar-refractivity contribution is -0.00686. The highest BCUT2D eigenvalue weighted by Gasteiger charge is 2.17. The first-order chi connectivity index (χ1) is 14.4. The van der Waals surface area contributed by atoms with Crippen molar-refractivity contribution >= 4 is 7.82 Å². The molecule has 2 unspecified atom stereocenters. The summed E-state index contributed by atoms with van der Waals surface area (Å²) >= 11 is 0. The van der Waals surface area contributed by atoms with Gasteiger partial charge in [0.2, 0.25) is 0 Å². The van der Waals surface area contributed by atoms with Crippen LogP contribution >= 0.6 is 7.82 Å². The van der Waals surface area contributed by atoms with Crippen molar-refractivity contribution in [1.29, 1.82) is 0 Å². The van der Waals surface area contributed by atoms with Gasteiger partial charge in [0.25, 0.3) is 0 Å². The van der Waals surface area contributed by atoms with Gasteiger partial charge < -0.3 is 19.6 Å². The molecule has 0 saturated carbocycles. The van der Waals surface area contributed by atoms with Crippen LogP contribution in [0.15, 0.2) is 0 Å². The highest BCUT2D eigenvalue weighted by Crippen LogP contribution is 2.35. The Balaban J connectivity index is 4.03. The van der Waals surface area contributed by atoms with E-state index < -0.39 is 20.5 Å². The molecular weight excluding hydrogens is 403 g/mol. The molecule has 0 aromatic rings. The van der Waals surface area contributed by atoms with Crippen molar-refractivity contribution < 1.29 is 28.7 Å². The zero-order chi connectivity index (χ0) is 22.5. The van der Waals surface area contributed by atoms with E-state index in [0.29, 0.717) is 12.5 Å². The minimum atomic E-state index is -4.54. The maximum atomic E-state index is 10.7. The van der Waals surface area contributed by atoms with E-state index in [1.165, 1.54) is 89.9 Å². The second-order valence-electron chi connectivity index (χ2n) is 8.66. The van der Waals surface area contributed by atoms with Crippen molar-refractivity contribution in [3.63, 3.8) is 0 Å². The van der Waals surface area contributed by atoms with Crippen molar-refractivity contribution in [3.05, 3.63) is 0 Å².